The van der Waals surface area contributed by atoms with Gasteiger partial charge in [-0.3, -0.25) is 14.5 Å². The van der Waals surface area contributed by atoms with Gasteiger partial charge in [0.15, 0.2) is 0 Å². The number of nitrogens with zero attached hydrogens (tertiary/aromatic N) is 4. The van der Waals surface area contributed by atoms with Gasteiger partial charge in [-0.15, -0.1) is 0 Å². The molecule has 3 N–H and O–H groups in total. The lowest BCUT2D eigenvalue weighted by atomic mass is 10.1. The zero-order valence-corrected chi connectivity index (χ0v) is 18.6. The first-order valence-electron chi connectivity index (χ1n) is 9.92. The van der Waals surface area contributed by atoms with E-state index in [4.69, 9.17) is 0 Å². The quantitative estimate of drug-likeness (QED) is 0.518. The van der Waals surface area contributed by atoms with Crippen molar-refractivity contribution in [3.05, 3.63) is 60.4 Å². The highest BCUT2D eigenvalue weighted by molar-refractivity contribution is 7.92. The Morgan fingerprint density at radius 2 is 2.03 bits per heavy atom. The van der Waals surface area contributed by atoms with Crippen LogP contribution < -0.4 is 15.5 Å². The van der Waals surface area contributed by atoms with E-state index < -0.39 is 15.9 Å². The monoisotopic (exact) mass is 453 g/mol. The van der Waals surface area contributed by atoms with Crippen molar-refractivity contribution < 1.29 is 13.2 Å². The topological polar surface area (TPSA) is 129 Å². The van der Waals surface area contributed by atoms with Crippen LogP contribution in [0.5, 0.6) is 0 Å². The van der Waals surface area contributed by atoms with Crippen LogP contribution >= 0.6 is 0 Å². The minimum absolute atomic E-state index is 0.0286. The number of aromatic nitrogens is 3. The molecule has 0 fully saturated rings. The number of nitrogens with one attached hydrogen (secondary N) is 3. The Hall–Kier alpha value is -3.57. The smallest absolute Gasteiger partial charge is 0.293 e. The summed E-state index contributed by atoms with van der Waals surface area (Å²) in [5.41, 5.74) is 6.42. The molecule has 166 valence electrons. The molecule has 0 radical (unpaired) electrons. The van der Waals surface area contributed by atoms with Gasteiger partial charge in [-0.2, -0.15) is 0 Å². The van der Waals surface area contributed by atoms with E-state index in [0.29, 0.717) is 34.9 Å². The van der Waals surface area contributed by atoms with Gasteiger partial charge < -0.3 is 10.7 Å². The Bertz CT molecular complexity index is 1320. The van der Waals surface area contributed by atoms with E-state index in [-0.39, 0.29) is 5.82 Å². The van der Waals surface area contributed by atoms with E-state index in [1.807, 2.05) is 6.20 Å². The fourth-order valence-electron chi connectivity index (χ4n) is 3.28. The van der Waals surface area contributed by atoms with Gasteiger partial charge in [-0.1, -0.05) is 0 Å². The SMILES string of the molecule is CC(C)N1CC(c2cnccc2NC(=O)c2ncc3ccc(NS(C)(=O)=O)cc3n2)=CN1. The van der Waals surface area contributed by atoms with Crippen LogP contribution in [-0.2, 0) is 10.0 Å². The molecule has 0 saturated heterocycles. The first kappa shape index (κ1) is 21.7. The molecule has 0 bridgehead atoms. The van der Waals surface area contributed by atoms with E-state index in [0.717, 1.165) is 17.4 Å². The molecular formula is C21H23N7O3S. The molecule has 4 rings (SSSR count). The van der Waals surface area contributed by atoms with Crippen molar-refractivity contribution >= 4 is 43.8 Å². The summed E-state index contributed by atoms with van der Waals surface area (Å²) in [7, 11) is -3.43. The highest BCUT2D eigenvalue weighted by atomic mass is 32.2. The van der Waals surface area contributed by atoms with E-state index in [9.17, 15) is 13.2 Å². The maximum Gasteiger partial charge on any atom is 0.293 e. The van der Waals surface area contributed by atoms with Crippen LogP contribution in [-0.4, -0.2) is 53.1 Å². The van der Waals surface area contributed by atoms with Crippen LogP contribution in [0.2, 0.25) is 0 Å². The van der Waals surface area contributed by atoms with Crippen LogP contribution in [0.1, 0.15) is 30.0 Å². The summed E-state index contributed by atoms with van der Waals surface area (Å²) < 4.78 is 25.4. The minimum atomic E-state index is -3.43. The van der Waals surface area contributed by atoms with Crippen LogP contribution in [0.15, 0.2) is 49.1 Å². The molecule has 0 spiro atoms. The number of hydrogen-bond acceptors (Lipinski definition) is 8. The standard InChI is InChI=1S/C21H23N7O3S/c1-13(2)28-12-15(10-24-28)17-11-22-7-6-18(17)26-21(29)20-23-9-14-4-5-16(8-19(14)25-20)27-32(3,30)31/h4-11,13,24,27H,12H2,1-3H3,(H,22,26,29). The molecule has 32 heavy (non-hydrogen) atoms. The third-order valence-electron chi connectivity index (χ3n) is 4.87. The predicted molar refractivity (Wildman–Crippen MR) is 123 cm³/mol. The normalized spacial score (nSPS) is 14.3. The maximum absolute atomic E-state index is 12.9. The number of pyridine rings is 1. The number of benzene rings is 1. The summed E-state index contributed by atoms with van der Waals surface area (Å²) in [6, 6.07) is 6.89. The Balaban J connectivity index is 1.58. The van der Waals surface area contributed by atoms with E-state index in [1.165, 1.54) is 6.20 Å². The lowest BCUT2D eigenvalue weighted by Crippen LogP contribution is -2.36. The highest BCUT2D eigenvalue weighted by Crippen LogP contribution is 2.26. The maximum atomic E-state index is 12.9. The second kappa shape index (κ2) is 8.52. The van der Waals surface area contributed by atoms with Gasteiger partial charge in [0, 0.05) is 48.3 Å². The Morgan fingerprint density at radius 1 is 1.22 bits per heavy atom. The molecule has 3 heterocycles. The van der Waals surface area contributed by atoms with Crippen molar-refractivity contribution in [1.82, 2.24) is 25.4 Å². The average molecular weight is 454 g/mol. The first-order valence-corrected chi connectivity index (χ1v) is 11.8. The molecule has 1 aliphatic heterocycles. The van der Waals surface area contributed by atoms with Crippen LogP contribution in [0.25, 0.3) is 16.5 Å². The van der Waals surface area contributed by atoms with Crippen molar-refractivity contribution in [3.63, 3.8) is 0 Å². The summed E-state index contributed by atoms with van der Waals surface area (Å²) in [5, 5.41) is 5.62. The van der Waals surface area contributed by atoms with Crippen molar-refractivity contribution in [3.8, 4) is 0 Å². The number of rotatable bonds is 6. The predicted octanol–water partition coefficient (Wildman–Crippen LogP) is 2.22. The zero-order valence-electron chi connectivity index (χ0n) is 17.8. The fourth-order valence-corrected chi connectivity index (χ4v) is 3.83. The molecule has 1 aromatic carbocycles. The average Bonchev–Trinajstić information content (AvgIpc) is 3.23. The molecule has 2 aromatic heterocycles. The molecule has 1 amide bonds. The molecule has 0 unspecified atom stereocenters. The van der Waals surface area contributed by atoms with Crippen LogP contribution in [0, 0.1) is 0 Å². The number of anilines is 2. The van der Waals surface area contributed by atoms with Crippen molar-refractivity contribution in [2.45, 2.75) is 19.9 Å². The molecular weight excluding hydrogens is 430 g/mol. The Labute approximate surface area is 185 Å². The number of carbonyl (C=O) groups is 1. The molecule has 3 aromatic rings. The molecule has 0 saturated carbocycles. The van der Waals surface area contributed by atoms with Crippen molar-refractivity contribution in [2.75, 3.05) is 22.8 Å². The number of amides is 1. The van der Waals surface area contributed by atoms with Gasteiger partial charge in [0.05, 0.1) is 23.1 Å². The van der Waals surface area contributed by atoms with Gasteiger partial charge in [0.1, 0.15) is 0 Å². The highest BCUT2D eigenvalue weighted by Gasteiger charge is 2.21. The lowest BCUT2D eigenvalue weighted by Gasteiger charge is -2.20. The Morgan fingerprint density at radius 3 is 2.75 bits per heavy atom. The molecule has 10 nitrogen and oxygen atoms in total. The summed E-state index contributed by atoms with van der Waals surface area (Å²) in [5.74, 6) is -0.507. The Kier molecular flexibility index (Phi) is 5.76. The number of carbonyl (C=O) groups excluding carboxylic acids is 1. The number of sulfonamides is 1. The zero-order chi connectivity index (χ0) is 22.9. The molecule has 0 aliphatic carbocycles. The second-order valence-corrected chi connectivity index (χ2v) is 9.49. The summed E-state index contributed by atoms with van der Waals surface area (Å²) in [6.07, 6.45) is 7.80. The second-order valence-electron chi connectivity index (χ2n) is 7.74. The van der Waals surface area contributed by atoms with Crippen molar-refractivity contribution in [1.29, 1.82) is 0 Å². The van der Waals surface area contributed by atoms with Gasteiger partial charge in [-0.05, 0) is 43.7 Å². The molecule has 11 heteroatoms. The number of hydrogen-bond donors (Lipinski definition) is 3. The van der Waals surface area contributed by atoms with Gasteiger partial charge >= 0.3 is 0 Å². The third kappa shape index (κ3) is 4.84. The van der Waals surface area contributed by atoms with Crippen molar-refractivity contribution in [2.24, 2.45) is 0 Å². The van der Waals surface area contributed by atoms with Gasteiger partial charge in [-0.25, -0.2) is 23.4 Å². The minimum Gasteiger partial charge on any atom is -0.325 e. The van der Waals surface area contributed by atoms with E-state index >= 15 is 0 Å². The van der Waals surface area contributed by atoms with Gasteiger partial charge in [0.25, 0.3) is 5.91 Å². The van der Waals surface area contributed by atoms with Gasteiger partial charge in [0.2, 0.25) is 15.8 Å². The lowest BCUT2D eigenvalue weighted by molar-refractivity contribution is 0.101. The summed E-state index contributed by atoms with van der Waals surface area (Å²) >= 11 is 0. The van der Waals surface area contributed by atoms with E-state index in [2.05, 4.69) is 49.3 Å². The largest absolute Gasteiger partial charge is 0.325 e. The van der Waals surface area contributed by atoms with E-state index in [1.54, 1.807) is 36.7 Å². The van der Waals surface area contributed by atoms with Crippen LogP contribution in [0.3, 0.4) is 0 Å². The van der Waals surface area contributed by atoms with Crippen LogP contribution in [0.4, 0.5) is 11.4 Å². The summed E-state index contributed by atoms with van der Waals surface area (Å²) in [4.78, 5) is 25.6. The molecule has 1 aliphatic rings. The number of hydrazine groups is 1. The summed E-state index contributed by atoms with van der Waals surface area (Å²) in [6.45, 7) is 4.85. The number of fused-ring (bicyclic) bond motifs is 1. The third-order valence-corrected chi connectivity index (χ3v) is 5.48. The molecule has 0 atom stereocenters. The first-order chi connectivity index (χ1) is 15.2. The fraction of sp³-hybridized carbons (Fsp3) is 0.238.